The van der Waals surface area contributed by atoms with Crippen molar-refractivity contribution in [2.75, 3.05) is 10.8 Å². The monoisotopic (exact) mass is 584 g/mol. The number of hydrogen-bond donors (Lipinski definition) is 4. The van der Waals surface area contributed by atoms with Crippen LogP contribution in [0.3, 0.4) is 0 Å². The summed E-state index contributed by atoms with van der Waals surface area (Å²) in [6.45, 7) is -0.612. The number of amides is 1. The first-order valence-corrected chi connectivity index (χ1v) is 13.6. The Bertz CT molecular complexity index is 1690. The van der Waals surface area contributed by atoms with Crippen molar-refractivity contribution in [3.8, 4) is 0 Å². The molecule has 0 heterocycles. The average molecular weight is 585 g/mol. The molecule has 1 amide bonds. The molecule has 0 saturated heterocycles. The molecule has 0 bridgehead atoms. The van der Waals surface area contributed by atoms with Crippen molar-refractivity contribution in [2.24, 2.45) is 5.73 Å². The summed E-state index contributed by atoms with van der Waals surface area (Å²) in [4.78, 5) is 24.4. The maximum atomic E-state index is 13.4. The van der Waals surface area contributed by atoms with Crippen LogP contribution in [-0.2, 0) is 21.4 Å². The minimum absolute atomic E-state index is 0.0493. The fourth-order valence-electron chi connectivity index (χ4n) is 3.95. The van der Waals surface area contributed by atoms with Crippen LogP contribution in [0, 0.1) is 5.41 Å². The van der Waals surface area contributed by atoms with Gasteiger partial charge < -0.3 is 16.2 Å². The largest absolute Gasteiger partial charge is 0.480 e. The van der Waals surface area contributed by atoms with Crippen LogP contribution in [0.2, 0.25) is 10.0 Å². The molecule has 4 aromatic rings. The van der Waals surface area contributed by atoms with Crippen LogP contribution in [0.4, 0.5) is 5.69 Å². The van der Waals surface area contributed by atoms with Crippen LogP contribution in [-0.4, -0.2) is 37.8 Å². The maximum absolute atomic E-state index is 13.4. The third-order valence-electron chi connectivity index (χ3n) is 5.82. The van der Waals surface area contributed by atoms with E-state index in [0.29, 0.717) is 21.9 Å². The Morgan fingerprint density at radius 2 is 1.62 bits per heavy atom. The van der Waals surface area contributed by atoms with Crippen LogP contribution in [0.5, 0.6) is 0 Å². The Morgan fingerprint density at radius 1 is 0.949 bits per heavy atom. The van der Waals surface area contributed by atoms with Crippen LogP contribution in [0.15, 0.2) is 83.8 Å². The number of nitrogen functional groups attached to an aromatic ring is 1. The van der Waals surface area contributed by atoms with Crippen molar-refractivity contribution >= 4 is 67.4 Å². The summed E-state index contributed by atoms with van der Waals surface area (Å²) in [5, 5.41) is 21.0. The number of halogens is 2. The highest BCUT2D eigenvalue weighted by molar-refractivity contribution is 7.92. The number of rotatable bonds is 9. The first-order valence-electron chi connectivity index (χ1n) is 11.4. The predicted octanol–water partition coefficient (Wildman–Crippen LogP) is 4.64. The van der Waals surface area contributed by atoms with Crippen molar-refractivity contribution < 1.29 is 23.1 Å². The Labute approximate surface area is 234 Å². The van der Waals surface area contributed by atoms with Gasteiger partial charge in [0, 0.05) is 27.7 Å². The number of amidine groups is 1. The number of nitrogens with zero attached hydrogens (tertiary/aromatic N) is 1. The fraction of sp³-hybridized carbons (Fsp3) is 0.0741. The van der Waals surface area contributed by atoms with Crippen molar-refractivity contribution in [3.05, 3.63) is 106 Å². The molecule has 39 heavy (non-hydrogen) atoms. The van der Waals surface area contributed by atoms with Gasteiger partial charge in [0.05, 0.1) is 10.6 Å². The zero-order valence-electron chi connectivity index (χ0n) is 20.2. The van der Waals surface area contributed by atoms with E-state index in [1.165, 1.54) is 30.3 Å². The van der Waals surface area contributed by atoms with E-state index in [1.807, 2.05) is 0 Å². The van der Waals surface area contributed by atoms with Gasteiger partial charge in [-0.05, 0) is 52.7 Å². The van der Waals surface area contributed by atoms with E-state index in [2.05, 4.69) is 5.32 Å². The molecule has 0 unspecified atom stereocenters. The Morgan fingerprint density at radius 3 is 2.23 bits per heavy atom. The summed E-state index contributed by atoms with van der Waals surface area (Å²) in [5.74, 6) is -1.77. The Balaban J connectivity index is 1.65. The molecule has 4 aromatic carbocycles. The van der Waals surface area contributed by atoms with Gasteiger partial charge in [0.25, 0.3) is 15.9 Å². The number of carboxylic acids is 1. The molecule has 0 saturated carbocycles. The van der Waals surface area contributed by atoms with Gasteiger partial charge in [-0.15, -0.1) is 0 Å². The van der Waals surface area contributed by atoms with Crippen LogP contribution < -0.4 is 15.4 Å². The molecule has 200 valence electrons. The molecule has 0 spiro atoms. The molecule has 9 nitrogen and oxygen atoms in total. The minimum Gasteiger partial charge on any atom is -0.480 e. The number of nitrogens with two attached hydrogens (primary N) is 1. The van der Waals surface area contributed by atoms with Gasteiger partial charge in [-0.25, -0.2) is 8.42 Å². The van der Waals surface area contributed by atoms with Crippen LogP contribution in [0.1, 0.15) is 21.5 Å². The van der Waals surface area contributed by atoms with Crippen molar-refractivity contribution in [1.82, 2.24) is 5.32 Å². The number of carbonyl (C=O) groups excluding carboxylic acids is 1. The van der Waals surface area contributed by atoms with Crippen LogP contribution in [0.25, 0.3) is 10.8 Å². The molecule has 12 heteroatoms. The highest BCUT2D eigenvalue weighted by Gasteiger charge is 2.28. The summed E-state index contributed by atoms with van der Waals surface area (Å²) in [7, 11) is -4.35. The molecule has 0 aliphatic heterocycles. The third-order valence-corrected chi connectivity index (χ3v) is 8.01. The molecule has 4 rings (SSSR count). The van der Waals surface area contributed by atoms with Gasteiger partial charge in [-0.1, -0.05) is 65.7 Å². The van der Waals surface area contributed by atoms with E-state index in [9.17, 15) is 23.1 Å². The molecule has 0 aromatic heterocycles. The molecule has 0 aliphatic rings. The van der Waals surface area contributed by atoms with Gasteiger partial charge in [0.15, 0.2) is 0 Å². The number of benzene rings is 4. The van der Waals surface area contributed by atoms with Crippen molar-refractivity contribution in [3.63, 3.8) is 0 Å². The lowest BCUT2D eigenvalue weighted by molar-refractivity contribution is -0.135. The highest BCUT2D eigenvalue weighted by Crippen LogP contribution is 2.31. The second-order valence-electron chi connectivity index (χ2n) is 8.51. The van der Waals surface area contributed by atoms with Gasteiger partial charge in [0.2, 0.25) is 0 Å². The number of carboxylic acid groups (broad SMARTS) is 1. The Kier molecular flexibility index (Phi) is 8.10. The van der Waals surface area contributed by atoms with Crippen molar-refractivity contribution in [1.29, 1.82) is 5.41 Å². The summed E-state index contributed by atoms with van der Waals surface area (Å²) in [6, 6.07) is 20.1. The number of carbonyl (C=O) groups is 2. The van der Waals surface area contributed by atoms with Gasteiger partial charge in [-0.2, -0.15) is 0 Å². The molecule has 5 N–H and O–H groups in total. The molecule has 0 aliphatic carbocycles. The van der Waals surface area contributed by atoms with Crippen molar-refractivity contribution in [2.45, 2.75) is 11.4 Å². The first-order chi connectivity index (χ1) is 18.5. The molecule has 0 radical (unpaired) electrons. The smallest absolute Gasteiger partial charge is 0.324 e. The molecule has 0 fully saturated rings. The number of nitrogens with one attached hydrogen (secondary N) is 2. The van der Waals surface area contributed by atoms with E-state index in [-0.39, 0.29) is 38.9 Å². The average Bonchev–Trinajstić information content (AvgIpc) is 2.89. The fourth-order valence-corrected chi connectivity index (χ4v) is 6.08. The normalized spacial score (nSPS) is 11.2. The van der Waals surface area contributed by atoms with E-state index in [4.69, 9.17) is 34.3 Å². The van der Waals surface area contributed by atoms with E-state index < -0.39 is 22.5 Å². The lowest BCUT2D eigenvalue weighted by Gasteiger charge is -2.23. The predicted molar refractivity (Wildman–Crippen MR) is 151 cm³/mol. The lowest BCUT2D eigenvalue weighted by Crippen LogP contribution is -2.35. The van der Waals surface area contributed by atoms with Gasteiger partial charge >= 0.3 is 5.97 Å². The summed E-state index contributed by atoms with van der Waals surface area (Å²) in [6.07, 6.45) is 0. The maximum Gasteiger partial charge on any atom is 0.324 e. The quantitative estimate of drug-likeness (QED) is 0.166. The molecular formula is C27H22Cl2N4O5S. The van der Waals surface area contributed by atoms with E-state index >= 15 is 0 Å². The summed E-state index contributed by atoms with van der Waals surface area (Å²) < 4.78 is 27.6. The number of anilines is 1. The standard InChI is InChI=1S/C27H22Cl2N4O5S/c28-19-11-20(29)13-22(12-19)39(37,38)33(15-25(34)35)21-8-9-23-18(10-21)2-1-3-24(23)27(36)32-14-16-4-6-17(7-5-16)26(30)31/h1-13H,14-15H2,(H3,30,31)(H,32,36)(H,34,35). The zero-order valence-corrected chi connectivity index (χ0v) is 22.5. The SMILES string of the molecule is N=C(N)c1ccc(CNC(=O)c2cccc3cc(N(CC(=O)O)S(=O)(=O)c4cc(Cl)cc(Cl)c4)ccc23)cc1. The summed E-state index contributed by atoms with van der Waals surface area (Å²) in [5.41, 5.74) is 7.30. The van der Waals surface area contributed by atoms with Gasteiger partial charge in [-0.3, -0.25) is 19.3 Å². The Hall–Kier alpha value is -4.12. The van der Waals surface area contributed by atoms with E-state index in [1.54, 1.807) is 48.5 Å². The first kappa shape index (κ1) is 27.9. The number of sulfonamides is 1. The molecule has 0 atom stereocenters. The number of aliphatic carboxylic acids is 1. The minimum atomic E-state index is -4.35. The van der Waals surface area contributed by atoms with Crippen LogP contribution >= 0.6 is 23.2 Å². The number of hydrogen-bond acceptors (Lipinski definition) is 5. The van der Waals surface area contributed by atoms with Gasteiger partial charge in [0.1, 0.15) is 12.4 Å². The summed E-state index contributed by atoms with van der Waals surface area (Å²) >= 11 is 12.0. The number of fused-ring (bicyclic) bond motifs is 1. The second-order valence-corrected chi connectivity index (χ2v) is 11.3. The highest BCUT2D eigenvalue weighted by atomic mass is 35.5. The van der Waals surface area contributed by atoms with E-state index in [0.717, 1.165) is 9.87 Å². The zero-order chi connectivity index (χ0) is 28.3. The lowest BCUT2D eigenvalue weighted by atomic mass is 10.0. The second kappa shape index (κ2) is 11.3. The third kappa shape index (κ3) is 6.31. The molecular weight excluding hydrogens is 563 g/mol. The topological polar surface area (TPSA) is 154 Å².